The topological polar surface area (TPSA) is 96.0 Å². The molecule has 8 nitrogen and oxygen atoms in total. The number of ether oxygens (including phenoxy) is 2. The molecule has 1 aliphatic carbocycles. The standard InChI is InChI=1S/C36H40Cl2N4O4/c1-45-31-19-25(18-23-13-15-42(16-17-43)22-29(23)31)36(14-5-7-28(34(36)38)27-6-3-4-8-30(27)37)32-11-9-24(35(41-32)46-2)20-39-21-26-10-12-33(44)40-26/h3-9,11,14,18-19,26,34,39,43H,10,12-13,15-17,20-22H2,1-2H3,(H,40,44)/t26-,34?,36?/m0/s1. The van der Waals surface area contributed by atoms with Crippen LogP contribution in [-0.2, 0) is 29.7 Å². The number of nitrogens with zero attached hydrogens (tertiary/aromatic N) is 2. The number of aromatic nitrogens is 1. The van der Waals surface area contributed by atoms with Crippen LogP contribution in [0.2, 0.25) is 5.02 Å². The molecule has 0 radical (unpaired) electrons. The molecule has 3 aliphatic rings. The molecule has 242 valence electrons. The molecule has 46 heavy (non-hydrogen) atoms. The molecule has 2 aromatic carbocycles. The van der Waals surface area contributed by atoms with E-state index in [1.165, 1.54) is 5.56 Å². The highest BCUT2D eigenvalue weighted by atomic mass is 35.5. The summed E-state index contributed by atoms with van der Waals surface area (Å²) in [6, 6.07) is 16.3. The largest absolute Gasteiger partial charge is 0.496 e. The fourth-order valence-electron chi connectivity index (χ4n) is 6.91. The third-order valence-electron chi connectivity index (χ3n) is 9.33. The summed E-state index contributed by atoms with van der Waals surface area (Å²) in [4.78, 5) is 19.0. The predicted molar refractivity (Wildman–Crippen MR) is 182 cm³/mol. The van der Waals surface area contributed by atoms with E-state index < -0.39 is 10.8 Å². The highest BCUT2D eigenvalue weighted by Crippen LogP contribution is 2.50. The van der Waals surface area contributed by atoms with Gasteiger partial charge >= 0.3 is 0 Å². The third kappa shape index (κ3) is 6.29. The average molecular weight is 664 g/mol. The maximum absolute atomic E-state index is 11.6. The first-order valence-corrected chi connectivity index (χ1v) is 16.6. The fraction of sp³-hybridized carbons (Fsp3) is 0.389. The van der Waals surface area contributed by atoms with Crippen LogP contribution in [0, 0.1) is 0 Å². The molecule has 1 aromatic heterocycles. The van der Waals surface area contributed by atoms with Gasteiger partial charge in [-0.3, -0.25) is 9.69 Å². The number of nitrogens with one attached hydrogen (secondary N) is 2. The number of methoxy groups -OCH3 is 2. The van der Waals surface area contributed by atoms with Gasteiger partial charge in [-0.1, -0.05) is 60.2 Å². The lowest BCUT2D eigenvalue weighted by atomic mass is 9.68. The van der Waals surface area contributed by atoms with E-state index in [-0.39, 0.29) is 18.6 Å². The van der Waals surface area contributed by atoms with Gasteiger partial charge in [0.1, 0.15) is 5.75 Å². The van der Waals surface area contributed by atoms with Crippen LogP contribution in [0.4, 0.5) is 0 Å². The second-order valence-corrected chi connectivity index (χ2v) is 12.9. The first kappa shape index (κ1) is 32.5. The van der Waals surface area contributed by atoms with E-state index in [9.17, 15) is 9.90 Å². The molecule has 2 unspecified atom stereocenters. The molecule has 0 bridgehead atoms. The third-order valence-corrected chi connectivity index (χ3v) is 10.2. The Morgan fingerprint density at radius 1 is 1.15 bits per heavy atom. The molecule has 6 rings (SSSR count). The molecule has 0 spiro atoms. The SMILES string of the molecule is COc1cc(C2(c3ccc(CNC[C@@H]4CCC(=O)N4)c(OC)n3)C=CC=C(c3ccccc3Cl)C2Cl)cc2c1CN(CCO)CC2. The number of rotatable bonds is 11. The summed E-state index contributed by atoms with van der Waals surface area (Å²) >= 11 is 14.4. The van der Waals surface area contributed by atoms with E-state index in [2.05, 4.69) is 33.7 Å². The minimum atomic E-state index is -0.886. The molecule has 0 saturated carbocycles. The predicted octanol–water partition coefficient (Wildman–Crippen LogP) is 5.02. The van der Waals surface area contributed by atoms with Gasteiger partial charge in [0.15, 0.2) is 0 Å². The van der Waals surface area contributed by atoms with E-state index >= 15 is 0 Å². The zero-order chi connectivity index (χ0) is 32.3. The van der Waals surface area contributed by atoms with Gasteiger partial charge in [0.05, 0.1) is 37.3 Å². The van der Waals surface area contributed by atoms with Crippen molar-refractivity contribution >= 4 is 34.7 Å². The summed E-state index contributed by atoms with van der Waals surface area (Å²) in [5, 5.41) is 16.1. The van der Waals surface area contributed by atoms with Gasteiger partial charge in [0, 0.05) is 61.3 Å². The molecule has 1 amide bonds. The van der Waals surface area contributed by atoms with Gasteiger partial charge in [0.2, 0.25) is 11.8 Å². The zero-order valence-electron chi connectivity index (χ0n) is 26.2. The van der Waals surface area contributed by atoms with E-state index in [1.54, 1.807) is 14.2 Å². The van der Waals surface area contributed by atoms with Gasteiger partial charge in [-0.2, -0.15) is 0 Å². The number of halogens is 2. The van der Waals surface area contributed by atoms with Crippen LogP contribution in [-0.4, -0.2) is 72.8 Å². The number of carbonyl (C=O) groups excluding carboxylic acids is 1. The summed E-state index contributed by atoms with van der Waals surface area (Å²) in [5.74, 6) is 1.39. The van der Waals surface area contributed by atoms with Crippen LogP contribution in [0.1, 0.15) is 46.4 Å². The van der Waals surface area contributed by atoms with Crippen molar-refractivity contribution in [3.05, 3.63) is 105 Å². The second kappa shape index (κ2) is 14.2. The lowest BCUT2D eigenvalue weighted by Crippen LogP contribution is -2.40. The number of pyridine rings is 1. The lowest BCUT2D eigenvalue weighted by Gasteiger charge is -2.40. The van der Waals surface area contributed by atoms with Crippen LogP contribution in [0.5, 0.6) is 11.6 Å². The Bertz CT molecular complexity index is 1640. The van der Waals surface area contributed by atoms with Gasteiger partial charge in [-0.25, -0.2) is 4.98 Å². The number of allylic oxidation sites excluding steroid dienone is 4. The maximum atomic E-state index is 11.6. The fourth-order valence-corrected chi connectivity index (χ4v) is 7.65. The molecular weight excluding hydrogens is 623 g/mol. The molecule has 2 aliphatic heterocycles. The summed E-state index contributed by atoms with van der Waals surface area (Å²) in [5.41, 5.74) is 5.81. The number of carbonyl (C=O) groups is 1. The molecule has 1 saturated heterocycles. The smallest absolute Gasteiger partial charge is 0.220 e. The van der Waals surface area contributed by atoms with Crippen LogP contribution in [0.15, 0.2) is 66.8 Å². The summed E-state index contributed by atoms with van der Waals surface area (Å²) in [6.45, 7) is 3.49. The van der Waals surface area contributed by atoms with Crippen molar-refractivity contribution in [3.8, 4) is 11.6 Å². The van der Waals surface area contributed by atoms with Crippen molar-refractivity contribution in [2.75, 3.05) is 40.5 Å². The van der Waals surface area contributed by atoms with Crippen molar-refractivity contribution in [1.82, 2.24) is 20.5 Å². The Hall–Kier alpha value is -3.40. The number of fused-ring (bicyclic) bond motifs is 1. The Morgan fingerprint density at radius 3 is 2.74 bits per heavy atom. The second-order valence-electron chi connectivity index (χ2n) is 12.1. The van der Waals surface area contributed by atoms with E-state index in [0.29, 0.717) is 43.5 Å². The number of hydrogen-bond acceptors (Lipinski definition) is 7. The molecule has 1 fully saturated rings. The van der Waals surface area contributed by atoms with E-state index in [1.807, 2.05) is 48.6 Å². The first-order valence-electron chi connectivity index (χ1n) is 15.7. The van der Waals surface area contributed by atoms with Crippen molar-refractivity contribution in [1.29, 1.82) is 0 Å². The van der Waals surface area contributed by atoms with Crippen LogP contribution in [0.3, 0.4) is 0 Å². The van der Waals surface area contributed by atoms with Gasteiger partial charge in [-0.15, -0.1) is 11.6 Å². The maximum Gasteiger partial charge on any atom is 0.220 e. The Kier molecular flexibility index (Phi) is 10.0. The number of hydrogen-bond donors (Lipinski definition) is 3. The highest BCUT2D eigenvalue weighted by Gasteiger charge is 2.45. The Balaban J connectivity index is 1.43. The normalized spacial score (nSPS) is 22.7. The minimum absolute atomic E-state index is 0.100. The number of β-amino-alcohol motifs (C(OH)–C–C–N with tert-alkyl or cyclic N) is 1. The number of alkyl halides is 1. The Labute approximate surface area is 280 Å². The number of amides is 1. The minimum Gasteiger partial charge on any atom is -0.496 e. The summed E-state index contributed by atoms with van der Waals surface area (Å²) in [6.07, 6.45) is 8.40. The first-order chi connectivity index (χ1) is 22.4. The van der Waals surface area contributed by atoms with Crippen LogP contribution < -0.4 is 20.1 Å². The molecule has 3 atom stereocenters. The highest BCUT2D eigenvalue weighted by molar-refractivity contribution is 6.34. The van der Waals surface area contributed by atoms with E-state index in [0.717, 1.165) is 58.7 Å². The van der Waals surface area contributed by atoms with Crippen molar-refractivity contribution in [2.45, 2.75) is 49.2 Å². The molecular formula is C36H40Cl2N4O4. The zero-order valence-corrected chi connectivity index (χ0v) is 27.7. The van der Waals surface area contributed by atoms with Crippen molar-refractivity contribution in [2.24, 2.45) is 0 Å². The van der Waals surface area contributed by atoms with Gasteiger partial charge in [-0.05, 0) is 53.3 Å². The van der Waals surface area contributed by atoms with Gasteiger partial charge < -0.3 is 25.2 Å². The average Bonchev–Trinajstić information content (AvgIpc) is 3.49. The molecule has 3 aromatic rings. The van der Waals surface area contributed by atoms with Crippen LogP contribution >= 0.6 is 23.2 Å². The lowest BCUT2D eigenvalue weighted by molar-refractivity contribution is -0.119. The van der Waals surface area contributed by atoms with Crippen molar-refractivity contribution < 1.29 is 19.4 Å². The molecule has 10 heteroatoms. The number of aliphatic hydroxyl groups excluding tert-OH is 1. The van der Waals surface area contributed by atoms with Gasteiger partial charge in [0.25, 0.3) is 0 Å². The summed E-state index contributed by atoms with van der Waals surface area (Å²) < 4.78 is 11.9. The van der Waals surface area contributed by atoms with Crippen molar-refractivity contribution in [3.63, 3.8) is 0 Å². The number of aliphatic hydroxyl groups is 1. The molecule has 3 N–H and O–H groups in total. The van der Waals surface area contributed by atoms with Crippen LogP contribution in [0.25, 0.3) is 5.57 Å². The Morgan fingerprint density at radius 2 is 2.00 bits per heavy atom. The summed E-state index contributed by atoms with van der Waals surface area (Å²) in [7, 11) is 3.32. The number of benzene rings is 2. The quantitative estimate of drug-likeness (QED) is 0.248. The van der Waals surface area contributed by atoms with E-state index in [4.69, 9.17) is 37.7 Å². The monoisotopic (exact) mass is 662 g/mol. The molecule has 3 heterocycles.